The molecule has 0 unspecified atom stereocenters. The van der Waals surface area contributed by atoms with Crippen molar-refractivity contribution in [1.29, 1.82) is 0 Å². The summed E-state index contributed by atoms with van der Waals surface area (Å²) < 4.78 is 11.8. The topological polar surface area (TPSA) is 76.0 Å². The van der Waals surface area contributed by atoms with Crippen LogP contribution in [0.2, 0.25) is 0 Å². The fourth-order valence-electron chi connectivity index (χ4n) is 5.63. The zero-order valence-electron chi connectivity index (χ0n) is 26.9. The van der Waals surface area contributed by atoms with Crippen LogP contribution in [-0.4, -0.2) is 42.4 Å². The number of ether oxygens (including phenoxy) is 2. The Morgan fingerprint density at radius 2 is 0.795 bits per heavy atom. The van der Waals surface area contributed by atoms with Gasteiger partial charge in [-0.05, 0) is 86.1 Å². The highest BCUT2D eigenvalue weighted by Crippen LogP contribution is 2.30. The second-order valence-corrected chi connectivity index (χ2v) is 12.1. The predicted molar refractivity (Wildman–Crippen MR) is 182 cm³/mol. The van der Waals surface area contributed by atoms with Crippen LogP contribution >= 0.6 is 0 Å². The van der Waals surface area contributed by atoms with Crippen LogP contribution in [0.25, 0.3) is 12.2 Å². The van der Waals surface area contributed by atoms with Gasteiger partial charge >= 0.3 is 0 Å². The van der Waals surface area contributed by atoms with Gasteiger partial charge in [-0.3, -0.25) is 4.79 Å². The van der Waals surface area contributed by atoms with Gasteiger partial charge in [0.2, 0.25) is 0 Å². The van der Waals surface area contributed by atoms with Gasteiger partial charge in [0.25, 0.3) is 0 Å². The Morgan fingerprint density at radius 3 is 1.14 bits per heavy atom. The van der Waals surface area contributed by atoms with E-state index in [0.29, 0.717) is 13.2 Å². The SMILES string of the molecule is O=C1/C(=C\c2ccc(OCCCCCCCCCCO)cc2)CC/C1=C/c1ccc(OCCCCCCCCCCO)cc1. The van der Waals surface area contributed by atoms with E-state index in [1.807, 2.05) is 60.7 Å². The molecular weight excluding hydrogens is 548 g/mol. The average molecular weight is 605 g/mol. The second kappa shape index (κ2) is 22.6. The Bertz CT molecular complexity index is 1010. The second-order valence-electron chi connectivity index (χ2n) is 12.1. The smallest absolute Gasteiger partial charge is 0.185 e. The van der Waals surface area contributed by atoms with Gasteiger partial charge in [0, 0.05) is 24.4 Å². The molecule has 242 valence electrons. The first-order chi connectivity index (χ1) is 21.7. The van der Waals surface area contributed by atoms with Crippen molar-refractivity contribution in [3.8, 4) is 11.5 Å². The molecule has 0 aliphatic heterocycles. The molecule has 0 atom stereocenters. The average Bonchev–Trinajstić information content (AvgIpc) is 3.38. The summed E-state index contributed by atoms with van der Waals surface area (Å²) in [4.78, 5) is 13.1. The molecule has 0 amide bonds. The number of Topliss-reactive ketones (excluding diaryl/α,β-unsaturated/α-hetero) is 1. The number of carbonyl (C=O) groups is 1. The van der Waals surface area contributed by atoms with Gasteiger partial charge in [0.05, 0.1) is 13.2 Å². The largest absolute Gasteiger partial charge is 0.494 e. The summed E-state index contributed by atoms with van der Waals surface area (Å²) in [6.45, 7) is 2.10. The standard InChI is InChI=1S/C39H56O5/c40-27-13-9-5-1-3-7-11-15-29-43-37-23-17-33(18-24-37)31-35-21-22-36(39(35)42)32-34-19-25-38(26-20-34)44-30-16-12-8-4-2-6-10-14-28-41/h17-20,23-26,31-32,40-41H,1-16,21-22,27-30H2/b35-31-,36-32-. The van der Waals surface area contributed by atoms with E-state index in [1.165, 1.54) is 64.2 Å². The molecule has 2 aromatic rings. The quantitative estimate of drug-likeness (QED) is 0.0922. The van der Waals surface area contributed by atoms with Crippen molar-refractivity contribution in [1.82, 2.24) is 0 Å². The number of unbranched alkanes of at least 4 members (excludes halogenated alkanes) is 14. The van der Waals surface area contributed by atoms with E-state index in [1.54, 1.807) is 0 Å². The number of hydrogen-bond acceptors (Lipinski definition) is 5. The molecular formula is C39H56O5. The first-order valence-electron chi connectivity index (χ1n) is 17.3. The predicted octanol–water partition coefficient (Wildman–Crippen LogP) is 9.50. The van der Waals surface area contributed by atoms with Crippen molar-refractivity contribution < 1.29 is 24.5 Å². The maximum Gasteiger partial charge on any atom is 0.185 e. The molecule has 5 nitrogen and oxygen atoms in total. The summed E-state index contributed by atoms with van der Waals surface area (Å²) in [5, 5.41) is 17.6. The first-order valence-corrected chi connectivity index (χ1v) is 17.3. The maximum absolute atomic E-state index is 13.1. The van der Waals surface area contributed by atoms with Crippen LogP contribution in [0, 0.1) is 0 Å². The van der Waals surface area contributed by atoms with Crippen molar-refractivity contribution in [3.63, 3.8) is 0 Å². The van der Waals surface area contributed by atoms with Crippen LogP contribution in [0.3, 0.4) is 0 Å². The van der Waals surface area contributed by atoms with E-state index in [9.17, 15) is 4.79 Å². The van der Waals surface area contributed by atoms with E-state index >= 15 is 0 Å². The highest BCUT2D eigenvalue weighted by molar-refractivity contribution is 6.15. The van der Waals surface area contributed by atoms with Crippen LogP contribution in [0.15, 0.2) is 59.7 Å². The summed E-state index contributed by atoms with van der Waals surface area (Å²) in [5.74, 6) is 1.90. The summed E-state index contributed by atoms with van der Waals surface area (Å²) in [6, 6.07) is 16.1. The first kappa shape index (κ1) is 35.6. The number of rotatable bonds is 24. The molecule has 1 fully saturated rings. The molecule has 1 aliphatic carbocycles. The molecule has 2 N–H and O–H groups in total. The van der Waals surface area contributed by atoms with E-state index in [0.717, 1.165) is 98.4 Å². The number of aliphatic hydroxyl groups excluding tert-OH is 2. The number of allylic oxidation sites excluding steroid dienone is 2. The van der Waals surface area contributed by atoms with E-state index in [2.05, 4.69) is 0 Å². The number of carbonyl (C=O) groups excluding carboxylic acids is 1. The normalized spacial score (nSPS) is 15.0. The maximum atomic E-state index is 13.1. The summed E-state index contributed by atoms with van der Waals surface area (Å²) in [7, 11) is 0. The highest BCUT2D eigenvalue weighted by Gasteiger charge is 2.22. The molecule has 1 aliphatic rings. The van der Waals surface area contributed by atoms with Crippen LogP contribution in [0.5, 0.6) is 11.5 Å². The van der Waals surface area contributed by atoms with Gasteiger partial charge in [-0.15, -0.1) is 0 Å². The molecule has 2 aromatic carbocycles. The van der Waals surface area contributed by atoms with Gasteiger partial charge < -0.3 is 19.7 Å². The van der Waals surface area contributed by atoms with Gasteiger partial charge in [0.15, 0.2) is 5.78 Å². The van der Waals surface area contributed by atoms with E-state index < -0.39 is 0 Å². The molecule has 0 bridgehead atoms. The van der Waals surface area contributed by atoms with Crippen LogP contribution in [-0.2, 0) is 4.79 Å². The molecule has 0 saturated heterocycles. The third-order valence-electron chi connectivity index (χ3n) is 8.33. The minimum Gasteiger partial charge on any atom is -0.494 e. The minimum atomic E-state index is 0.146. The Labute approximate surface area is 266 Å². The lowest BCUT2D eigenvalue weighted by atomic mass is 10.1. The third kappa shape index (κ3) is 14.7. The van der Waals surface area contributed by atoms with Crippen molar-refractivity contribution >= 4 is 17.9 Å². The third-order valence-corrected chi connectivity index (χ3v) is 8.33. The molecule has 0 heterocycles. The van der Waals surface area contributed by atoms with E-state index in [-0.39, 0.29) is 5.78 Å². The molecule has 0 aromatic heterocycles. The lowest BCUT2D eigenvalue weighted by Crippen LogP contribution is -1.98. The number of benzene rings is 2. The fraction of sp³-hybridized carbons (Fsp3) is 0.564. The van der Waals surface area contributed by atoms with Crippen molar-refractivity contribution in [3.05, 3.63) is 70.8 Å². The molecule has 0 spiro atoms. The Hall–Kier alpha value is -2.89. The number of aliphatic hydroxyl groups is 2. The molecule has 3 rings (SSSR count). The minimum absolute atomic E-state index is 0.146. The molecule has 1 saturated carbocycles. The Morgan fingerprint density at radius 1 is 0.477 bits per heavy atom. The summed E-state index contributed by atoms with van der Waals surface area (Å²) >= 11 is 0. The monoisotopic (exact) mass is 604 g/mol. The van der Waals surface area contributed by atoms with Crippen molar-refractivity contribution in [2.24, 2.45) is 0 Å². The van der Waals surface area contributed by atoms with Gasteiger partial charge in [-0.1, -0.05) is 101 Å². The lowest BCUT2D eigenvalue weighted by Gasteiger charge is -2.07. The van der Waals surface area contributed by atoms with Gasteiger partial charge in [-0.2, -0.15) is 0 Å². The summed E-state index contributed by atoms with van der Waals surface area (Å²) in [5.41, 5.74) is 3.79. The van der Waals surface area contributed by atoms with Crippen LogP contribution < -0.4 is 9.47 Å². The highest BCUT2D eigenvalue weighted by atomic mass is 16.5. The molecule has 5 heteroatoms. The van der Waals surface area contributed by atoms with Crippen LogP contribution in [0.4, 0.5) is 0 Å². The van der Waals surface area contributed by atoms with Crippen molar-refractivity contribution in [2.45, 2.75) is 116 Å². The van der Waals surface area contributed by atoms with Gasteiger partial charge in [0.1, 0.15) is 11.5 Å². The van der Waals surface area contributed by atoms with Crippen LogP contribution in [0.1, 0.15) is 127 Å². The number of ketones is 1. The molecule has 0 radical (unpaired) electrons. The Balaban J connectivity index is 1.32. The zero-order valence-corrected chi connectivity index (χ0v) is 26.9. The van der Waals surface area contributed by atoms with E-state index in [4.69, 9.17) is 19.7 Å². The number of hydrogen-bond donors (Lipinski definition) is 2. The van der Waals surface area contributed by atoms with Crippen molar-refractivity contribution in [2.75, 3.05) is 26.4 Å². The molecule has 44 heavy (non-hydrogen) atoms. The zero-order chi connectivity index (χ0) is 31.1. The van der Waals surface area contributed by atoms with Gasteiger partial charge in [-0.25, -0.2) is 0 Å². The Kier molecular flexibility index (Phi) is 18.3. The summed E-state index contributed by atoms with van der Waals surface area (Å²) in [6.07, 6.45) is 24.2. The lowest BCUT2D eigenvalue weighted by molar-refractivity contribution is -0.111. The fourth-order valence-corrected chi connectivity index (χ4v) is 5.63.